The van der Waals surface area contributed by atoms with Gasteiger partial charge in [0.25, 0.3) is 0 Å². The third-order valence-electron chi connectivity index (χ3n) is 3.78. The maximum Gasteiger partial charge on any atom is 0.142 e. The van der Waals surface area contributed by atoms with E-state index in [1.165, 1.54) is 19.3 Å². The van der Waals surface area contributed by atoms with Crippen molar-refractivity contribution in [3.05, 3.63) is 22.7 Å². The molecule has 0 saturated heterocycles. The van der Waals surface area contributed by atoms with Crippen molar-refractivity contribution in [2.75, 3.05) is 32.6 Å². The molecule has 0 radical (unpaired) electrons. The molecule has 0 atom stereocenters. The van der Waals surface area contributed by atoms with Crippen molar-refractivity contribution in [2.45, 2.75) is 19.3 Å². The molecule has 18 heavy (non-hydrogen) atoms. The van der Waals surface area contributed by atoms with Crippen LogP contribution in [-0.2, 0) is 0 Å². The van der Waals surface area contributed by atoms with Crippen LogP contribution < -0.4 is 15.4 Å². The number of rotatable bonds is 6. The summed E-state index contributed by atoms with van der Waals surface area (Å²) >= 11 is 3.50. The molecule has 0 heterocycles. The Kier molecular flexibility index (Phi) is 4.51. The Morgan fingerprint density at radius 2 is 2.11 bits per heavy atom. The van der Waals surface area contributed by atoms with Gasteiger partial charge in [0.1, 0.15) is 5.75 Å². The first-order chi connectivity index (χ1) is 8.69. The Morgan fingerprint density at radius 3 is 2.67 bits per heavy atom. The lowest BCUT2D eigenvalue weighted by molar-refractivity contribution is 0.151. The number of anilines is 1. The van der Waals surface area contributed by atoms with E-state index in [-0.39, 0.29) is 0 Å². The number of nitrogens with one attached hydrogen (secondary N) is 2. The van der Waals surface area contributed by atoms with Crippen LogP contribution in [0, 0.1) is 5.41 Å². The van der Waals surface area contributed by atoms with Gasteiger partial charge in [-0.3, -0.25) is 0 Å². The fraction of sp³-hybridized carbons (Fsp3) is 0.571. The predicted molar refractivity (Wildman–Crippen MR) is 79.4 cm³/mol. The minimum absolute atomic E-state index is 0.419. The van der Waals surface area contributed by atoms with E-state index in [1.54, 1.807) is 7.11 Å². The highest BCUT2D eigenvalue weighted by molar-refractivity contribution is 9.10. The first-order valence-electron chi connectivity index (χ1n) is 6.41. The van der Waals surface area contributed by atoms with Gasteiger partial charge in [-0.25, -0.2) is 0 Å². The summed E-state index contributed by atoms with van der Waals surface area (Å²) in [4.78, 5) is 0. The van der Waals surface area contributed by atoms with E-state index in [2.05, 4.69) is 32.6 Å². The van der Waals surface area contributed by atoms with E-state index in [1.807, 2.05) is 19.2 Å². The third kappa shape index (κ3) is 2.98. The van der Waals surface area contributed by atoms with E-state index in [4.69, 9.17) is 4.74 Å². The monoisotopic (exact) mass is 312 g/mol. The van der Waals surface area contributed by atoms with E-state index in [9.17, 15) is 0 Å². The lowest BCUT2D eigenvalue weighted by atomic mass is 9.68. The quantitative estimate of drug-likeness (QED) is 0.846. The highest BCUT2D eigenvalue weighted by Crippen LogP contribution is 2.41. The molecule has 1 aromatic rings. The number of halogens is 1. The zero-order valence-corrected chi connectivity index (χ0v) is 12.6. The molecule has 0 bridgehead atoms. The fourth-order valence-electron chi connectivity index (χ4n) is 2.57. The van der Waals surface area contributed by atoms with Crippen molar-refractivity contribution in [2.24, 2.45) is 5.41 Å². The number of benzene rings is 1. The SMILES string of the molecule is CNCC1(CNc2cc(Br)ccc2OC)CCC1. The largest absolute Gasteiger partial charge is 0.495 e. The van der Waals surface area contributed by atoms with Crippen molar-refractivity contribution in [3.63, 3.8) is 0 Å². The van der Waals surface area contributed by atoms with Gasteiger partial charge >= 0.3 is 0 Å². The maximum atomic E-state index is 5.38. The minimum atomic E-state index is 0.419. The molecule has 1 aliphatic rings. The zero-order chi connectivity index (χ0) is 13.0. The minimum Gasteiger partial charge on any atom is -0.495 e. The van der Waals surface area contributed by atoms with Crippen molar-refractivity contribution < 1.29 is 4.74 Å². The summed E-state index contributed by atoms with van der Waals surface area (Å²) in [5, 5.41) is 6.84. The van der Waals surface area contributed by atoms with Crippen LogP contribution in [0.25, 0.3) is 0 Å². The Hall–Kier alpha value is -0.740. The van der Waals surface area contributed by atoms with Gasteiger partial charge in [0, 0.05) is 23.0 Å². The highest BCUT2D eigenvalue weighted by atomic mass is 79.9. The molecular formula is C14H21BrN2O. The molecule has 0 unspecified atom stereocenters. The summed E-state index contributed by atoms with van der Waals surface area (Å²) in [5.74, 6) is 0.900. The second-order valence-electron chi connectivity index (χ2n) is 5.08. The fourth-order valence-corrected chi connectivity index (χ4v) is 2.93. The third-order valence-corrected chi connectivity index (χ3v) is 4.27. The first-order valence-corrected chi connectivity index (χ1v) is 7.20. The van der Waals surface area contributed by atoms with Gasteiger partial charge in [-0.2, -0.15) is 0 Å². The Bertz CT molecular complexity index is 405. The lowest BCUT2D eigenvalue weighted by Gasteiger charge is -2.42. The van der Waals surface area contributed by atoms with Crippen LogP contribution in [-0.4, -0.2) is 27.2 Å². The normalized spacial score (nSPS) is 17.1. The van der Waals surface area contributed by atoms with E-state index < -0.39 is 0 Å². The molecule has 1 saturated carbocycles. The molecule has 1 aliphatic carbocycles. The van der Waals surface area contributed by atoms with Crippen LogP contribution in [0.15, 0.2) is 22.7 Å². The van der Waals surface area contributed by atoms with Crippen LogP contribution in [0.4, 0.5) is 5.69 Å². The molecule has 4 heteroatoms. The van der Waals surface area contributed by atoms with Crippen LogP contribution in [0.3, 0.4) is 0 Å². The average Bonchev–Trinajstić information content (AvgIpc) is 2.32. The molecule has 0 aromatic heterocycles. The number of hydrogen-bond acceptors (Lipinski definition) is 3. The van der Waals surface area contributed by atoms with Crippen LogP contribution >= 0.6 is 15.9 Å². The van der Waals surface area contributed by atoms with Gasteiger partial charge in [0.15, 0.2) is 0 Å². The summed E-state index contributed by atoms with van der Waals surface area (Å²) in [6.07, 6.45) is 3.95. The Labute approximate surface area is 117 Å². The molecule has 1 aromatic carbocycles. The van der Waals surface area contributed by atoms with Gasteiger partial charge in [-0.15, -0.1) is 0 Å². The first kappa shape index (κ1) is 13.7. The van der Waals surface area contributed by atoms with E-state index in [0.29, 0.717) is 5.41 Å². The standard InChI is InChI=1S/C14H21BrN2O/c1-16-9-14(6-3-7-14)10-17-12-8-11(15)4-5-13(12)18-2/h4-5,8,16-17H,3,6-7,9-10H2,1-2H3. The Balaban J connectivity index is 2.02. The summed E-state index contributed by atoms with van der Waals surface area (Å²) in [7, 11) is 3.74. The smallest absolute Gasteiger partial charge is 0.142 e. The topological polar surface area (TPSA) is 33.3 Å². The van der Waals surface area contributed by atoms with Gasteiger partial charge < -0.3 is 15.4 Å². The molecule has 0 amide bonds. The van der Waals surface area contributed by atoms with Crippen LogP contribution in [0.5, 0.6) is 5.75 Å². The average molecular weight is 313 g/mol. The summed E-state index contributed by atoms with van der Waals surface area (Å²) in [6, 6.07) is 6.05. The van der Waals surface area contributed by atoms with E-state index in [0.717, 1.165) is 29.0 Å². The molecule has 3 nitrogen and oxygen atoms in total. The van der Waals surface area contributed by atoms with Gasteiger partial charge in [-0.05, 0) is 38.1 Å². The summed E-state index contributed by atoms with van der Waals surface area (Å²) in [6.45, 7) is 2.08. The molecule has 1 fully saturated rings. The number of hydrogen-bond donors (Lipinski definition) is 2. The van der Waals surface area contributed by atoms with Gasteiger partial charge in [-0.1, -0.05) is 22.4 Å². The van der Waals surface area contributed by atoms with Crippen LogP contribution in [0.2, 0.25) is 0 Å². The maximum absolute atomic E-state index is 5.38. The zero-order valence-electron chi connectivity index (χ0n) is 11.1. The van der Waals surface area contributed by atoms with Crippen molar-refractivity contribution in [3.8, 4) is 5.75 Å². The second-order valence-corrected chi connectivity index (χ2v) is 6.00. The molecule has 0 aliphatic heterocycles. The summed E-state index contributed by atoms with van der Waals surface area (Å²) < 4.78 is 6.45. The van der Waals surface area contributed by atoms with E-state index >= 15 is 0 Å². The number of ether oxygens (including phenoxy) is 1. The summed E-state index contributed by atoms with van der Waals surface area (Å²) in [5.41, 5.74) is 1.48. The second kappa shape index (κ2) is 5.93. The molecule has 2 rings (SSSR count). The highest BCUT2D eigenvalue weighted by Gasteiger charge is 2.36. The van der Waals surface area contributed by atoms with Crippen molar-refractivity contribution in [1.82, 2.24) is 5.32 Å². The predicted octanol–water partition coefficient (Wildman–Crippen LogP) is 3.26. The van der Waals surface area contributed by atoms with Crippen molar-refractivity contribution >= 4 is 21.6 Å². The number of methoxy groups -OCH3 is 1. The van der Waals surface area contributed by atoms with Crippen molar-refractivity contribution in [1.29, 1.82) is 0 Å². The van der Waals surface area contributed by atoms with Gasteiger partial charge in [0.2, 0.25) is 0 Å². The molecule has 0 spiro atoms. The molecular weight excluding hydrogens is 292 g/mol. The van der Waals surface area contributed by atoms with Crippen LogP contribution in [0.1, 0.15) is 19.3 Å². The molecule has 2 N–H and O–H groups in total. The Morgan fingerprint density at radius 1 is 1.33 bits per heavy atom. The van der Waals surface area contributed by atoms with Gasteiger partial charge in [0.05, 0.1) is 12.8 Å². The lowest BCUT2D eigenvalue weighted by Crippen LogP contribution is -2.44. The molecule has 100 valence electrons.